The van der Waals surface area contributed by atoms with Crippen molar-refractivity contribution in [2.75, 3.05) is 26.2 Å². The largest absolute Gasteiger partial charge is 0.423 e. The van der Waals surface area contributed by atoms with Gasteiger partial charge in [0.15, 0.2) is 0 Å². The van der Waals surface area contributed by atoms with Crippen molar-refractivity contribution in [1.82, 2.24) is 30.4 Å². The van der Waals surface area contributed by atoms with Crippen LogP contribution in [0, 0.1) is 0 Å². The first-order valence-electron chi connectivity index (χ1n) is 11.8. The predicted molar refractivity (Wildman–Crippen MR) is 128 cm³/mol. The number of unbranched alkanes of at least 4 members (excludes halogenated alkanes) is 2. The minimum Gasteiger partial charge on any atom is -0.423 e. The van der Waals surface area contributed by atoms with Crippen molar-refractivity contribution in [3.8, 4) is 17.4 Å². The van der Waals surface area contributed by atoms with Gasteiger partial charge < -0.3 is 15.0 Å². The molecule has 0 unspecified atom stereocenters. The van der Waals surface area contributed by atoms with Crippen LogP contribution in [0.15, 0.2) is 54.6 Å². The summed E-state index contributed by atoms with van der Waals surface area (Å²) < 4.78 is 7.56. The van der Waals surface area contributed by atoms with Crippen molar-refractivity contribution < 1.29 is 4.74 Å². The van der Waals surface area contributed by atoms with Gasteiger partial charge >= 0.3 is 6.01 Å². The molecular formula is C25H36N6O. The molecule has 7 heteroatoms. The van der Waals surface area contributed by atoms with Crippen LogP contribution in [0.1, 0.15) is 51.5 Å². The fourth-order valence-electron chi connectivity index (χ4n) is 3.56. The van der Waals surface area contributed by atoms with Crippen molar-refractivity contribution in [2.45, 2.75) is 52.5 Å². The monoisotopic (exact) mass is 436 g/mol. The highest BCUT2D eigenvalue weighted by Gasteiger charge is 2.10. The van der Waals surface area contributed by atoms with E-state index in [9.17, 15) is 0 Å². The summed E-state index contributed by atoms with van der Waals surface area (Å²) in [5, 5.41) is 15.4. The molecule has 0 amide bonds. The predicted octanol–water partition coefficient (Wildman–Crippen LogP) is 4.84. The molecule has 0 radical (unpaired) electrons. The second kappa shape index (κ2) is 13.6. The lowest BCUT2D eigenvalue weighted by Crippen LogP contribution is -2.29. The van der Waals surface area contributed by atoms with Gasteiger partial charge in [0.2, 0.25) is 0 Å². The molecule has 2 aromatic carbocycles. The first-order chi connectivity index (χ1) is 15.8. The number of hydrogen-bond acceptors (Lipinski definition) is 6. The number of rotatable bonds is 15. The summed E-state index contributed by atoms with van der Waals surface area (Å²) in [7, 11) is 0. The number of tetrazole rings is 1. The van der Waals surface area contributed by atoms with E-state index < -0.39 is 0 Å². The maximum atomic E-state index is 5.97. The second-order valence-electron chi connectivity index (χ2n) is 8.04. The minimum absolute atomic E-state index is 0.348. The molecule has 0 atom stereocenters. The Morgan fingerprint density at radius 3 is 2.41 bits per heavy atom. The number of ether oxygens (including phenoxy) is 1. The third-order valence-electron chi connectivity index (χ3n) is 5.36. The van der Waals surface area contributed by atoms with Gasteiger partial charge in [-0.3, -0.25) is 0 Å². The molecule has 0 saturated carbocycles. The van der Waals surface area contributed by atoms with Crippen LogP contribution in [0.5, 0.6) is 11.8 Å². The molecule has 1 heterocycles. The topological polar surface area (TPSA) is 68.1 Å². The molecule has 0 aliphatic heterocycles. The first-order valence-corrected chi connectivity index (χ1v) is 11.8. The maximum absolute atomic E-state index is 5.97. The summed E-state index contributed by atoms with van der Waals surface area (Å²) in [6.45, 7) is 9.95. The van der Waals surface area contributed by atoms with E-state index in [1.165, 1.54) is 44.3 Å². The normalized spacial score (nSPS) is 11.2. The molecule has 3 rings (SSSR count). The third kappa shape index (κ3) is 7.73. The molecule has 0 aliphatic carbocycles. The van der Waals surface area contributed by atoms with Gasteiger partial charge in [-0.25, -0.2) is 0 Å². The van der Waals surface area contributed by atoms with E-state index in [1.54, 1.807) is 4.68 Å². The van der Waals surface area contributed by atoms with Gasteiger partial charge in [-0.1, -0.05) is 62.1 Å². The maximum Gasteiger partial charge on any atom is 0.345 e. The van der Waals surface area contributed by atoms with Gasteiger partial charge in [0.1, 0.15) is 5.75 Å². The lowest BCUT2D eigenvalue weighted by atomic mass is 10.2. The van der Waals surface area contributed by atoms with E-state index in [0.29, 0.717) is 6.01 Å². The van der Waals surface area contributed by atoms with Crippen LogP contribution in [0.4, 0.5) is 0 Å². The van der Waals surface area contributed by atoms with E-state index in [2.05, 4.69) is 45.7 Å². The quantitative estimate of drug-likeness (QED) is 0.344. The summed E-state index contributed by atoms with van der Waals surface area (Å²) in [5.74, 6) is 0.724. The number of nitrogens with one attached hydrogen (secondary N) is 1. The highest BCUT2D eigenvalue weighted by Crippen LogP contribution is 2.22. The zero-order chi connectivity index (χ0) is 22.4. The SMILES string of the molecule is CCCCN(CCCC)CCCNCc1cccc(Oc2nnnn2-c2ccccc2)c1. The van der Waals surface area contributed by atoms with Crippen molar-refractivity contribution in [2.24, 2.45) is 0 Å². The van der Waals surface area contributed by atoms with Crippen molar-refractivity contribution >= 4 is 0 Å². The van der Waals surface area contributed by atoms with Gasteiger partial charge in [0.25, 0.3) is 0 Å². The Labute approximate surface area is 191 Å². The number of hydrogen-bond donors (Lipinski definition) is 1. The van der Waals surface area contributed by atoms with Gasteiger partial charge in [0, 0.05) is 6.54 Å². The smallest absolute Gasteiger partial charge is 0.345 e. The van der Waals surface area contributed by atoms with Crippen LogP contribution in [0.3, 0.4) is 0 Å². The highest BCUT2D eigenvalue weighted by atomic mass is 16.5. The second-order valence-corrected chi connectivity index (χ2v) is 8.04. The Morgan fingerprint density at radius 1 is 0.906 bits per heavy atom. The van der Waals surface area contributed by atoms with E-state index in [1.807, 2.05) is 48.5 Å². The van der Waals surface area contributed by atoms with Gasteiger partial charge in [-0.05, 0) is 85.7 Å². The summed E-state index contributed by atoms with van der Waals surface area (Å²) in [4.78, 5) is 2.61. The Balaban J connectivity index is 1.46. The van der Waals surface area contributed by atoms with Crippen molar-refractivity contribution in [1.29, 1.82) is 0 Å². The Bertz CT molecular complexity index is 890. The molecule has 172 valence electrons. The number of para-hydroxylation sites is 1. The average Bonchev–Trinajstić information content (AvgIpc) is 3.29. The standard InChI is InChI=1S/C25H36N6O/c1-3-5-17-30(18-6-4-2)19-11-16-26-21-22-12-10-15-24(20-22)32-25-27-28-29-31(25)23-13-8-7-9-14-23/h7-10,12-15,20,26H,3-6,11,16-19,21H2,1-2H3. The molecule has 3 aromatic rings. The Morgan fingerprint density at radius 2 is 1.66 bits per heavy atom. The number of benzene rings is 2. The molecular weight excluding hydrogens is 400 g/mol. The zero-order valence-electron chi connectivity index (χ0n) is 19.4. The number of nitrogens with zero attached hydrogens (tertiary/aromatic N) is 5. The fraction of sp³-hybridized carbons (Fsp3) is 0.480. The molecule has 1 N–H and O–H groups in total. The van der Waals surface area contributed by atoms with Gasteiger partial charge in [0.05, 0.1) is 5.69 Å². The summed E-state index contributed by atoms with van der Waals surface area (Å²) >= 11 is 0. The van der Waals surface area contributed by atoms with Gasteiger partial charge in [-0.15, -0.1) is 0 Å². The molecule has 1 aromatic heterocycles. The number of aromatic nitrogens is 4. The molecule has 0 saturated heterocycles. The molecule has 0 fully saturated rings. The van der Waals surface area contributed by atoms with Crippen LogP contribution in [0.25, 0.3) is 5.69 Å². The van der Waals surface area contributed by atoms with E-state index in [0.717, 1.165) is 37.5 Å². The first kappa shape index (κ1) is 23.9. The van der Waals surface area contributed by atoms with E-state index in [4.69, 9.17) is 4.74 Å². The lowest BCUT2D eigenvalue weighted by molar-refractivity contribution is 0.261. The lowest BCUT2D eigenvalue weighted by Gasteiger charge is -2.22. The van der Waals surface area contributed by atoms with Crippen LogP contribution in [-0.2, 0) is 6.54 Å². The third-order valence-corrected chi connectivity index (χ3v) is 5.36. The van der Waals surface area contributed by atoms with Crippen LogP contribution < -0.4 is 10.1 Å². The molecule has 32 heavy (non-hydrogen) atoms. The van der Waals surface area contributed by atoms with Crippen LogP contribution in [0.2, 0.25) is 0 Å². The summed E-state index contributed by atoms with van der Waals surface area (Å²) in [6, 6.07) is 18.1. The molecule has 0 spiro atoms. The van der Waals surface area contributed by atoms with Gasteiger partial charge in [-0.2, -0.15) is 4.68 Å². The van der Waals surface area contributed by atoms with Crippen LogP contribution in [-0.4, -0.2) is 51.3 Å². The fourth-order valence-corrected chi connectivity index (χ4v) is 3.56. The minimum atomic E-state index is 0.348. The van der Waals surface area contributed by atoms with Crippen molar-refractivity contribution in [3.63, 3.8) is 0 Å². The summed E-state index contributed by atoms with van der Waals surface area (Å²) in [5.41, 5.74) is 2.03. The average molecular weight is 437 g/mol. The highest BCUT2D eigenvalue weighted by molar-refractivity contribution is 5.34. The molecule has 7 nitrogen and oxygen atoms in total. The Hall–Kier alpha value is -2.77. The molecule has 0 aliphatic rings. The van der Waals surface area contributed by atoms with E-state index in [-0.39, 0.29) is 0 Å². The zero-order valence-corrected chi connectivity index (χ0v) is 19.4. The summed E-state index contributed by atoms with van der Waals surface area (Å²) in [6.07, 6.45) is 6.26. The Kier molecular flexibility index (Phi) is 10.2. The van der Waals surface area contributed by atoms with Crippen molar-refractivity contribution in [3.05, 3.63) is 60.2 Å². The molecule has 0 bridgehead atoms. The van der Waals surface area contributed by atoms with E-state index >= 15 is 0 Å². The van der Waals surface area contributed by atoms with Crippen LogP contribution >= 0.6 is 0 Å².